The van der Waals surface area contributed by atoms with Crippen molar-refractivity contribution in [3.05, 3.63) is 53.9 Å². The van der Waals surface area contributed by atoms with Crippen LogP contribution in [-0.2, 0) is 19.6 Å². The number of fused-ring (bicyclic) bond motifs is 2. The molecule has 2 aliphatic rings. The zero-order chi connectivity index (χ0) is 22.3. The SMILES string of the molecule is Cc1cc(C)nc(NS(=O)(=O)c2ccc(NC(=O)[C@H]3[C@@H](C(=O)O)[C@H]4C=C[C@H]3C4)cc2)n1. The molecule has 0 unspecified atom stereocenters. The van der Waals surface area contributed by atoms with E-state index in [4.69, 9.17) is 0 Å². The van der Waals surface area contributed by atoms with Crippen LogP contribution in [0.15, 0.2) is 47.4 Å². The lowest BCUT2D eigenvalue weighted by Crippen LogP contribution is -2.36. The van der Waals surface area contributed by atoms with Crippen molar-refractivity contribution < 1.29 is 23.1 Å². The van der Waals surface area contributed by atoms with Crippen LogP contribution in [0.2, 0.25) is 0 Å². The standard InChI is InChI=1S/C21H22N4O5S/c1-11-9-12(2)23-21(22-11)25-31(29,30)16-7-5-15(6-8-16)24-19(26)17-13-3-4-14(10-13)18(17)20(27)28/h3-9,13-14,17-18H,10H2,1-2H3,(H,24,26)(H,27,28)(H,22,23,25)/t13-,14-,17+,18-/m0/s1. The molecular formula is C21H22N4O5S. The number of hydrogen-bond acceptors (Lipinski definition) is 6. The van der Waals surface area contributed by atoms with Gasteiger partial charge in [0.2, 0.25) is 11.9 Å². The summed E-state index contributed by atoms with van der Waals surface area (Å²) in [5.41, 5.74) is 1.67. The molecule has 4 rings (SSSR count). The van der Waals surface area contributed by atoms with Crippen LogP contribution >= 0.6 is 0 Å². The fraction of sp³-hybridized carbons (Fsp3) is 0.333. The molecule has 4 atom stereocenters. The van der Waals surface area contributed by atoms with E-state index < -0.39 is 27.8 Å². The summed E-state index contributed by atoms with van der Waals surface area (Å²) in [6.45, 7) is 3.48. The molecule has 1 aromatic carbocycles. The average Bonchev–Trinajstić information content (AvgIpc) is 3.28. The van der Waals surface area contributed by atoms with Crippen LogP contribution in [0.4, 0.5) is 11.6 Å². The van der Waals surface area contributed by atoms with Gasteiger partial charge in [0.25, 0.3) is 10.0 Å². The molecule has 0 saturated heterocycles. The van der Waals surface area contributed by atoms with Crippen LogP contribution in [-0.4, -0.2) is 35.4 Å². The number of sulfonamides is 1. The minimum Gasteiger partial charge on any atom is -0.481 e. The Balaban J connectivity index is 1.47. The monoisotopic (exact) mass is 442 g/mol. The van der Waals surface area contributed by atoms with Crippen LogP contribution < -0.4 is 10.0 Å². The van der Waals surface area contributed by atoms with Gasteiger partial charge < -0.3 is 10.4 Å². The van der Waals surface area contributed by atoms with Crippen molar-refractivity contribution >= 4 is 33.5 Å². The van der Waals surface area contributed by atoms with Gasteiger partial charge in [-0.3, -0.25) is 9.59 Å². The topological polar surface area (TPSA) is 138 Å². The molecule has 0 radical (unpaired) electrons. The highest BCUT2D eigenvalue weighted by molar-refractivity contribution is 7.92. The van der Waals surface area contributed by atoms with Gasteiger partial charge in [-0.1, -0.05) is 12.2 Å². The molecule has 162 valence electrons. The van der Waals surface area contributed by atoms with Crippen LogP contribution in [0.1, 0.15) is 17.8 Å². The second kappa shape index (κ2) is 7.77. The second-order valence-corrected chi connectivity index (χ2v) is 9.61. The third-order valence-corrected chi connectivity index (χ3v) is 7.03. The van der Waals surface area contributed by atoms with Gasteiger partial charge in [0, 0.05) is 17.1 Å². The number of anilines is 2. The van der Waals surface area contributed by atoms with E-state index in [0.717, 1.165) is 0 Å². The molecule has 0 spiro atoms. The number of carbonyl (C=O) groups is 2. The van der Waals surface area contributed by atoms with Gasteiger partial charge in [-0.15, -0.1) is 0 Å². The summed E-state index contributed by atoms with van der Waals surface area (Å²) in [4.78, 5) is 32.5. The molecule has 2 aliphatic carbocycles. The molecule has 2 aromatic rings. The molecule has 9 nitrogen and oxygen atoms in total. The highest BCUT2D eigenvalue weighted by Crippen LogP contribution is 2.48. The Labute approximate surface area is 179 Å². The highest BCUT2D eigenvalue weighted by Gasteiger charge is 2.51. The summed E-state index contributed by atoms with van der Waals surface area (Å²) in [6, 6.07) is 7.38. The van der Waals surface area contributed by atoms with Gasteiger partial charge in [-0.05, 0) is 62.4 Å². The molecule has 31 heavy (non-hydrogen) atoms. The van der Waals surface area contributed by atoms with Crippen LogP contribution in [0.3, 0.4) is 0 Å². The number of nitrogens with one attached hydrogen (secondary N) is 2. The average molecular weight is 442 g/mol. The maximum absolute atomic E-state index is 12.8. The van der Waals surface area contributed by atoms with E-state index in [0.29, 0.717) is 23.5 Å². The molecule has 1 aromatic heterocycles. The Morgan fingerprint density at radius 2 is 1.58 bits per heavy atom. The molecule has 10 heteroatoms. The first-order chi connectivity index (χ1) is 14.6. The van der Waals surface area contributed by atoms with Crippen molar-refractivity contribution in [1.29, 1.82) is 0 Å². The van der Waals surface area contributed by atoms with Gasteiger partial charge in [-0.2, -0.15) is 0 Å². The number of aliphatic carboxylic acids is 1. The zero-order valence-electron chi connectivity index (χ0n) is 16.9. The van der Waals surface area contributed by atoms with Crippen LogP contribution in [0.5, 0.6) is 0 Å². The van der Waals surface area contributed by atoms with Gasteiger partial charge in [0.05, 0.1) is 16.7 Å². The van der Waals surface area contributed by atoms with Crippen molar-refractivity contribution in [3.63, 3.8) is 0 Å². The molecular weight excluding hydrogens is 420 g/mol. The Bertz CT molecular complexity index is 1160. The normalized spacial score (nSPS) is 24.2. The lowest BCUT2D eigenvalue weighted by atomic mass is 9.82. The molecule has 1 heterocycles. The van der Waals surface area contributed by atoms with E-state index in [9.17, 15) is 23.1 Å². The maximum Gasteiger partial charge on any atom is 0.307 e. The van der Waals surface area contributed by atoms with E-state index in [1.54, 1.807) is 19.9 Å². The van der Waals surface area contributed by atoms with Crippen molar-refractivity contribution in [1.82, 2.24) is 9.97 Å². The summed E-state index contributed by atoms with van der Waals surface area (Å²) in [5.74, 6) is -2.95. The predicted octanol–water partition coefficient (Wildman–Crippen LogP) is 2.36. The minimum atomic E-state index is -3.91. The lowest BCUT2D eigenvalue weighted by Gasteiger charge is -2.23. The molecule has 1 saturated carbocycles. The Morgan fingerprint density at radius 1 is 1.00 bits per heavy atom. The van der Waals surface area contributed by atoms with E-state index >= 15 is 0 Å². The zero-order valence-corrected chi connectivity index (χ0v) is 17.8. The summed E-state index contributed by atoms with van der Waals surface area (Å²) in [6.07, 6.45) is 4.45. The Kier molecular flexibility index (Phi) is 5.26. The lowest BCUT2D eigenvalue weighted by molar-refractivity contribution is -0.146. The summed E-state index contributed by atoms with van der Waals surface area (Å²) >= 11 is 0. The maximum atomic E-state index is 12.8. The molecule has 2 bridgehead atoms. The first kappa shape index (κ1) is 21.0. The number of hydrogen-bond donors (Lipinski definition) is 3. The van der Waals surface area contributed by atoms with Gasteiger partial charge in [0.1, 0.15) is 0 Å². The Hall–Kier alpha value is -3.27. The van der Waals surface area contributed by atoms with E-state index in [1.165, 1.54) is 24.3 Å². The van der Waals surface area contributed by atoms with Gasteiger partial charge in [0.15, 0.2) is 0 Å². The largest absolute Gasteiger partial charge is 0.481 e. The number of nitrogens with zero attached hydrogens (tertiary/aromatic N) is 2. The van der Waals surface area contributed by atoms with Crippen molar-refractivity contribution in [2.75, 3.05) is 10.0 Å². The molecule has 0 aliphatic heterocycles. The third kappa shape index (κ3) is 4.15. The Morgan fingerprint density at radius 3 is 2.16 bits per heavy atom. The second-order valence-electron chi connectivity index (χ2n) is 7.93. The fourth-order valence-electron chi connectivity index (χ4n) is 4.41. The number of rotatable bonds is 6. The van der Waals surface area contributed by atoms with Crippen molar-refractivity contribution in [3.8, 4) is 0 Å². The number of carbonyl (C=O) groups excluding carboxylic acids is 1. The number of benzene rings is 1. The number of carboxylic acids is 1. The number of allylic oxidation sites excluding steroid dienone is 2. The van der Waals surface area contributed by atoms with E-state index in [1.807, 2.05) is 12.2 Å². The van der Waals surface area contributed by atoms with E-state index in [2.05, 4.69) is 20.0 Å². The summed E-state index contributed by atoms with van der Waals surface area (Å²) in [5, 5.41) is 12.2. The highest BCUT2D eigenvalue weighted by atomic mass is 32.2. The first-order valence-corrected chi connectivity index (χ1v) is 11.3. The van der Waals surface area contributed by atoms with Crippen molar-refractivity contribution in [2.24, 2.45) is 23.7 Å². The molecule has 1 fully saturated rings. The number of aryl methyl sites for hydroxylation is 2. The number of amides is 1. The van der Waals surface area contributed by atoms with Crippen molar-refractivity contribution in [2.45, 2.75) is 25.2 Å². The summed E-state index contributed by atoms with van der Waals surface area (Å²) < 4.78 is 27.6. The number of carboxylic acid groups (broad SMARTS) is 1. The first-order valence-electron chi connectivity index (χ1n) is 9.81. The molecule has 1 amide bonds. The van der Waals surface area contributed by atoms with Gasteiger partial charge in [-0.25, -0.2) is 23.1 Å². The summed E-state index contributed by atoms with van der Waals surface area (Å²) in [7, 11) is -3.91. The van der Waals surface area contributed by atoms with Crippen LogP contribution in [0, 0.1) is 37.5 Å². The predicted molar refractivity (Wildman–Crippen MR) is 113 cm³/mol. The van der Waals surface area contributed by atoms with Crippen LogP contribution in [0.25, 0.3) is 0 Å². The minimum absolute atomic E-state index is 0.0143. The van der Waals surface area contributed by atoms with Gasteiger partial charge >= 0.3 is 5.97 Å². The quantitative estimate of drug-likeness (QED) is 0.584. The molecule has 3 N–H and O–H groups in total. The fourth-order valence-corrected chi connectivity index (χ4v) is 5.35. The number of aromatic nitrogens is 2. The smallest absolute Gasteiger partial charge is 0.307 e. The van der Waals surface area contributed by atoms with E-state index in [-0.39, 0.29) is 28.6 Å². The third-order valence-electron chi connectivity index (χ3n) is 5.69.